The topological polar surface area (TPSA) is 191 Å². The van der Waals surface area contributed by atoms with E-state index in [-0.39, 0.29) is 24.8 Å². The van der Waals surface area contributed by atoms with E-state index in [9.17, 15) is 29.1 Å². The van der Waals surface area contributed by atoms with Gasteiger partial charge in [-0.05, 0) is 38.0 Å². The summed E-state index contributed by atoms with van der Waals surface area (Å²) in [5.74, 6) is -3.73. The first kappa shape index (κ1) is 29.3. The van der Waals surface area contributed by atoms with E-state index in [0.717, 1.165) is 0 Å². The molecule has 0 radical (unpaired) electrons. The van der Waals surface area contributed by atoms with E-state index in [0.29, 0.717) is 12.8 Å². The number of aliphatic hydroxyl groups excluding tert-OH is 1. The lowest BCUT2D eigenvalue weighted by atomic mass is 10.00. The molecule has 0 bridgehead atoms. The predicted octanol–water partition coefficient (Wildman–Crippen LogP) is -1.44. The molecule has 7 N–H and O–H groups in total. The van der Waals surface area contributed by atoms with Crippen molar-refractivity contribution in [2.75, 3.05) is 13.2 Å². The normalized spacial score (nSPS) is 19.3. The molecule has 0 spiro atoms. The fraction of sp³-hybridized carbons (Fsp3) is 0.773. The minimum atomic E-state index is -1.33. The lowest BCUT2D eigenvalue weighted by Gasteiger charge is -2.30. The monoisotopic (exact) mass is 485 g/mol. The number of hydrogen-bond donors (Lipinski definition) is 6. The molecule has 0 unspecified atom stereocenters. The van der Waals surface area contributed by atoms with Gasteiger partial charge in [-0.2, -0.15) is 0 Å². The van der Waals surface area contributed by atoms with Gasteiger partial charge in [0.2, 0.25) is 23.6 Å². The van der Waals surface area contributed by atoms with Crippen LogP contribution in [-0.2, 0) is 24.0 Å². The van der Waals surface area contributed by atoms with Gasteiger partial charge in [-0.25, -0.2) is 0 Å². The van der Waals surface area contributed by atoms with E-state index in [1.54, 1.807) is 13.8 Å². The van der Waals surface area contributed by atoms with Crippen LogP contribution in [0.2, 0.25) is 0 Å². The Hall–Kier alpha value is -2.73. The second-order valence-electron chi connectivity index (χ2n) is 9.46. The van der Waals surface area contributed by atoms with E-state index in [2.05, 4.69) is 16.0 Å². The molecule has 0 aromatic carbocycles. The largest absolute Gasteiger partial charge is 0.480 e. The fourth-order valence-electron chi connectivity index (χ4n) is 3.61. The van der Waals surface area contributed by atoms with E-state index in [4.69, 9.17) is 10.8 Å². The molecular weight excluding hydrogens is 446 g/mol. The molecule has 1 aliphatic heterocycles. The third-order valence-electron chi connectivity index (χ3n) is 5.73. The Morgan fingerprint density at radius 2 is 1.56 bits per heavy atom. The van der Waals surface area contributed by atoms with Crippen molar-refractivity contribution < 1.29 is 34.2 Å². The summed E-state index contributed by atoms with van der Waals surface area (Å²) in [4.78, 5) is 63.2. The SMILES string of the molecule is CC(C)C[C@H](NC(=O)[C@@H](N)C(C)C)C(=O)N[C@@H](CO)C(=O)N1CCC[C@H]1C(=O)N[C@@H](C)C(=O)O. The minimum absolute atomic E-state index is 0.0393. The highest BCUT2D eigenvalue weighted by molar-refractivity contribution is 5.95. The first-order chi connectivity index (χ1) is 15.8. The van der Waals surface area contributed by atoms with Crippen molar-refractivity contribution in [1.82, 2.24) is 20.9 Å². The second kappa shape index (κ2) is 13.2. The Kier molecular flexibility index (Phi) is 11.4. The molecule has 12 heteroatoms. The summed E-state index contributed by atoms with van der Waals surface area (Å²) in [6.07, 6.45) is 1.13. The van der Waals surface area contributed by atoms with Crippen LogP contribution in [0.5, 0.6) is 0 Å². The lowest BCUT2D eigenvalue weighted by Crippen LogP contribution is -2.59. The molecule has 1 fully saturated rings. The minimum Gasteiger partial charge on any atom is -0.480 e. The number of aliphatic carboxylic acids is 1. The molecule has 34 heavy (non-hydrogen) atoms. The number of rotatable bonds is 12. The summed E-state index contributed by atoms with van der Waals surface area (Å²) < 4.78 is 0. The molecule has 0 aliphatic carbocycles. The Morgan fingerprint density at radius 3 is 2.06 bits per heavy atom. The average molecular weight is 486 g/mol. The number of likely N-dealkylation sites (tertiary alicyclic amines) is 1. The maximum atomic E-state index is 13.1. The Balaban J connectivity index is 2.93. The lowest BCUT2D eigenvalue weighted by molar-refractivity contribution is -0.145. The smallest absolute Gasteiger partial charge is 0.325 e. The number of carboxylic acid groups (broad SMARTS) is 1. The Labute approximate surface area is 200 Å². The maximum Gasteiger partial charge on any atom is 0.325 e. The quantitative estimate of drug-likeness (QED) is 0.193. The van der Waals surface area contributed by atoms with Gasteiger partial charge < -0.3 is 36.8 Å². The number of carboxylic acids is 1. The molecule has 4 amide bonds. The van der Waals surface area contributed by atoms with Crippen LogP contribution in [0, 0.1) is 11.8 Å². The fourth-order valence-corrected chi connectivity index (χ4v) is 3.61. The van der Waals surface area contributed by atoms with E-state index in [1.807, 2.05) is 13.8 Å². The van der Waals surface area contributed by atoms with E-state index in [1.165, 1.54) is 11.8 Å². The molecule has 1 rings (SSSR count). The van der Waals surface area contributed by atoms with Gasteiger partial charge in [-0.1, -0.05) is 27.7 Å². The molecule has 5 atom stereocenters. The van der Waals surface area contributed by atoms with Gasteiger partial charge in [-0.3, -0.25) is 24.0 Å². The van der Waals surface area contributed by atoms with E-state index >= 15 is 0 Å². The molecule has 0 aromatic heterocycles. The third-order valence-corrected chi connectivity index (χ3v) is 5.73. The van der Waals surface area contributed by atoms with Gasteiger partial charge in [0.1, 0.15) is 24.2 Å². The number of nitrogens with zero attached hydrogens (tertiary/aromatic N) is 1. The second-order valence-corrected chi connectivity index (χ2v) is 9.46. The number of nitrogens with one attached hydrogen (secondary N) is 3. The summed E-state index contributed by atoms with van der Waals surface area (Å²) in [6.45, 7) is 8.12. The zero-order chi connectivity index (χ0) is 26.2. The van der Waals surface area contributed by atoms with Crippen molar-refractivity contribution in [3.8, 4) is 0 Å². The van der Waals surface area contributed by atoms with Crippen LogP contribution in [0.4, 0.5) is 0 Å². The molecule has 1 heterocycles. The molecule has 12 nitrogen and oxygen atoms in total. The molecule has 1 aliphatic rings. The number of amides is 4. The van der Waals surface area contributed by atoms with Crippen LogP contribution in [0.15, 0.2) is 0 Å². The number of hydrogen-bond acceptors (Lipinski definition) is 7. The maximum absolute atomic E-state index is 13.1. The first-order valence-corrected chi connectivity index (χ1v) is 11.6. The summed E-state index contributed by atoms with van der Waals surface area (Å²) >= 11 is 0. The van der Waals surface area contributed by atoms with Crippen molar-refractivity contribution in [2.45, 2.75) is 84.1 Å². The zero-order valence-corrected chi connectivity index (χ0v) is 20.5. The molecule has 194 valence electrons. The highest BCUT2D eigenvalue weighted by Crippen LogP contribution is 2.19. The van der Waals surface area contributed by atoms with Crippen LogP contribution in [0.1, 0.15) is 53.9 Å². The summed E-state index contributed by atoms with van der Waals surface area (Å²) in [5, 5.41) is 26.3. The zero-order valence-electron chi connectivity index (χ0n) is 20.5. The highest BCUT2D eigenvalue weighted by atomic mass is 16.4. The number of carbonyl (C=O) groups excluding carboxylic acids is 4. The molecule has 0 aromatic rings. The van der Waals surface area contributed by atoms with E-state index < -0.39 is 66.4 Å². The number of nitrogens with two attached hydrogens (primary N) is 1. The number of aliphatic hydroxyl groups is 1. The third kappa shape index (κ3) is 8.24. The van der Waals surface area contributed by atoms with Crippen molar-refractivity contribution in [1.29, 1.82) is 0 Å². The summed E-state index contributed by atoms with van der Waals surface area (Å²) in [7, 11) is 0. The number of carbonyl (C=O) groups is 5. The first-order valence-electron chi connectivity index (χ1n) is 11.6. The van der Waals surface area contributed by atoms with Crippen LogP contribution < -0.4 is 21.7 Å². The van der Waals surface area contributed by atoms with Crippen molar-refractivity contribution in [2.24, 2.45) is 17.6 Å². The Morgan fingerprint density at radius 1 is 0.971 bits per heavy atom. The van der Waals surface area contributed by atoms with Crippen LogP contribution in [0.25, 0.3) is 0 Å². The highest BCUT2D eigenvalue weighted by Gasteiger charge is 2.39. The van der Waals surface area contributed by atoms with Crippen molar-refractivity contribution in [3.05, 3.63) is 0 Å². The summed E-state index contributed by atoms with van der Waals surface area (Å²) in [5.41, 5.74) is 5.88. The van der Waals surface area contributed by atoms with Crippen molar-refractivity contribution >= 4 is 29.6 Å². The van der Waals surface area contributed by atoms with Gasteiger partial charge in [-0.15, -0.1) is 0 Å². The van der Waals surface area contributed by atoms with Gasteiger partial charge in [0, 0.05) is 6.54 Å². The van der Waals surface area contributed by atoms with Gasteiger partial charge in [0.25, 0.3) is 0 Å². The standard InChI is InChI=1S/C22H39N5O7/c1-11(2)9-14(25-20(31)17(23)12(3)4)18(29)26-15(10-28)21(32)27-8-6-7-16(27)19(30)24-13(5)22(33)34/h11-17,28H,6-10,23H2,1-5H3,(H,24,30)(H,25,31)(H,26,29)(H,33,34)/t13-,14-,15-,16-,17-/m0/s1. The van der Waals surface area contributed by atoms with Crippen molar-refractivity contribution in [3.63, 3.8) is 0 Å². The van der Waals surface area contributed by atoms with Gasteiger partial charge >= 0.3 is 5.97 Å². The van der Waals surface area contributed by atoms with Crippen LogP contribution >= 0.6 is 0 Å². The Bertz CT molecular complexity index is 758. The molecule has 1 saturated heterocycles. The average Bonchev–Trinajstić information content (AvgIpc) is 3.25. The molecular formula is C22H39N5O7. The van der Waals surface area contributed by atoms with Crippen LogP contribution in [0.3, 0.4) is 0 Å². The van der Waals surface area contributed by atoms with Gasteiger partial charge in [0.15, 0.2) is 0 Å². The van der Waals surface area contributed by atoms with Gasteiger partial charge in [0.05, 0.1) is 12.6 Å². The molecule has 0 saturated carbocycles. The van der Waals surface area contributed by atoms with Crippen LogP contribution in [-0.4, -0.2) is 88.1 Å². The summed E-state index contributed by atoms with van der Waals surface area (Å²) in [6, 6.07) is -5.14. The predicted molar refractivity (Wildman–Crippen MR) is 123 cm³/mol.